The first-order valence-corrected chi connectivity index (χ1v) is 11.0. The summed E-state index contributed by atoms with van der Waals surface area (Å²) < 4.78 is 5.98. The topological polar surface area (TPSA) is 61.8 Å². The van der Waals surface area contributed by atoms with Gasteiger partial charge in [-0.25, -0.2) is 4.98 Å². The number of guanidine groups is 1. The van der Waals surface area contributed by atoms with E-state index in [-0.39, 0.29) is 30.1 Å². The van der Waals surface area contributed by atoms with Crippen molar-refractivity contribution in [1.29, 1.82) is 0 Å². The van der Waals surface area contributed by atoms with Crippen molar-refractivity contribution in [2.45, 2.75) is 59.2 Å². The van der Waals surface area contributed by atoms with Gasteiger partial charge in [-0.1, -0.05) is 12.1 Å². The van der Waals surface area contributed by atoms with E-state index in [1.54, 1.807) is 7.05 Å². The van der Waals surface area contributed by atoms with E-state index in [1.165, 1.54) is 30.4 Å². The smallest absolute Gasteiger partial charge is 0.191 e. The summed E-state index contributed by atoms with van der Waals surface area (Å²) in [5.74, 6) is 2.77. The van der Waals surface area contributed by atoms with E-state index in [9.17, 15) is 0 Å². The summed E-state index contributed by atoms with van der Waals surface area (Å²) in [5, 5.41) is 6.81. The van der Waals surface area contributed by atoms with Crippen LogP contribution < -0.4 is 20.3 Å². The molecule has 0 saturated carbocycles. The lowest BCUT2D eigenvalue weighted by Gasteiger charge is -2.28. The lowest BCUT2D eigenvalue weighted by molar-refractivity contribution is 0.239. The summed E-state index contributed by atoms with van der Waals surface area (Å²) in [6, 6.07) is 10.6. The van der Waals surface area contributed by atoms with E-state index >= 15 is 0 Å². The van der Waals surface area contributed by atoms with Crippen LogP contribution in [0.3, 0.4) is 0 Å². The molecule has 0 bridgehead atoms. The molecule has 1 aromatic heterocycles. The molecule has 2 heterocycles. The second-order valence-corrected chi connectivity index (χ2v) is 8.13. The van der Waals surface area contributed by atoms with Crippen molar-refractivity contribution < 1.29 is 4.74 Å². The number of nitrogens with zero attached hydrogens (tertiary/aromatic N) is 3. The summed E-state index contributed by atoms with van der Waals surface area (Å²) in [6.45, 7) is 9.73. The fourth-order valence-electron chi connectivity index (χ4n) is 3.62. The fraction of sp³-hybridized carbons (Fsp3) is 0.500. The van der Waals surface area contributed by atoms with Gasteiger partial charge >= 0.3 is 0 Å². The number of aromatic nitrogens is 1. The highest BCUT2D eigenvalue weighted by Crippen LogP contribution is 2.22. The molecule has 1 aliphatic heterocycles. The number of ether oxygens (including phenoxy) is 1. The number of aryl methyl sites for hydroxylation is 1. The number of nitrogens with one attached hydrogen (secondary N) is 2. The lowest BCUT2D eigenvalue weighted by Crippen LogP contribution is -2.36. The standard InChI is InChI=1S/C24H35N5O.HI/c1-18(2)30-22-14-19(3)8-9-21(22)17-28-24(25-4)27-16-20-10-11-26-23(15-20)29-12-6-5-7-13-29;/h8-11,14-15,18H,5-7,12-13,16-17H2,1-4H3,(H2,25,27,28);1H. The van der Waals surface area contributed by atoms with Crippen LogP contribution in [0.25, 0.3) is 0 Å². The van der Waals surface area contributed by atoms with Gasteiger partial charge in [-0.3, -0.25) is 4.99 Å². The summed E-state index contributed by atoms with van der Waals surface area (Å²) in [5.41, 5.74) is 3.51. The quantitative estimate of drug-likeness (QED) is 0.306. The fourth-order valence-corrected chi connectivity index (χ4v) is 3.62. The van der Waals surface area contributed by atoms with Crippen LogP contribution in [0.1, 0.15) is 49.8 Å². The molecule has 2 N–H and O–H groups in total. The van der Waals surface area contributed by atoms with Gasteiger partial charge in [0.15, 0.2) is 5.96 Å². The Balaban J connectivity index is 0.00000341. The maximum absolute atomic E-state index is 5.98. The second kappa shape index (κ2) is 12.7. The number of pyridine rings is 1. The highest BCUT2D eigenvalue weighted by Gasteiger charge is 2.12. The van der Waals surface area contributed by atoms with E-state index in [4.69, 9.17) is 4.74 Å². The average Bonchev–Trinajstić information content (AvgIpc) is 2.75. The third-order valence-corrected chi connectivity index (χ3v) is 5.21. The van der Waals surface area contributed by atoms with Crippen LogP contribution in [0.5, 0.6) is 5.75 Å². The van der Waals surface area contributed by atoms with Crippen LogP contribution in [-0.2, 0) is 13.1 Å². The minimum atomic E-state index is 0. The molecule has 7 heteroatoms. The van der Waals surface area contributed by atoms with Gasteiger partial charge in [-0.15, -0.1) is 24.0 Å². The molecule has 1 fully saturated rings. The van der Waals surface area contributed by atoms with Gasteiger partial charge in [0.25, 0.3) is 0 Å². The van der Waals surface area contributed by atoms with Gasteiger partial charge in [0, 0.05) is 45.0 Å². The highest BCUT2D eigenvalue weighted by molar-refractivity contribution is 14.0. The Morgan fingerprint density at radius 3 is 2.55 bits per heavy atom. The van der Waals surface area contributed by atoms with Crippen LogP contribution in [0.4, 0.5) is 5.82 Å². The van der Waals surface area contributed by atoms with Crippen molar-refractivity contribution in [2.24, 2.45) is 4.99 Å². The molecule has 1 saturated heterocycles. The molecule has 31 heavy (non-hydrogen) atoms. The molecule has 0 aliphatic carbocycles. The monoisotopic (exact) mass is 537 g/mol. The molecule has 1 aromatic carbocycles. The minimum absolute atomic E-state index is 0. The summed E-state index contributed by atoms with van der Waals surface area (Å²) in [6.07, 6.45) is 5.87. The van der Waals surface area contributed by atoms with E-state index in [0.717, 1.165) is 36.2 Å². The van der Waals surface area contributed by atoms with Crippen molar-refractivity contribution in [3.63, 3.8) is 0 Å². The van der Waals surface area contributed by atoms with Crippen LogP contribution in [0.15, 0.2) is 41.5 Å². The normalized spacial score (nSPS) is 14.2. The number of anilines is 1. The minimum Gasteiger partial charge on any atom is -0.491 e. The first-order chi connectivity index (χ1) is 14.5. The molecule has 3 rings (SSSR count). The molecule has 0 spiro atoms. The zero-order chi connectivity index (χ0) is 21.3. The second-order valence-electron chi connectivity index (χ2n) is 8.13. The average molecular weight is 537 g/mol. The predicted octanol–water partition coefficient (Wildman–Crippen LogP) is 4.65. The number of hydrogen-bond donors (Lipinski definition) is 2. The third kappa shape index (κ3) is 7.87. The molecule has 0 radical (unpaired) electrons. The van der Waals surface area contributed by atoms with Crippen molar-refractivity contribution in [3.8, 4) is 5.75 Å². The number of benzene rings is 1. The first-order valence-electron chi connectivity index (χ1n) is 11.0. The van der Waals surface area contributed by atoms with Crippen LogP contribution in [0, 0.1) is 6.92 Å². The summed E-state index contributed by atoms with van der Waals surface area (Å²) >= 11 is 0. The highest BCUT2D eigenvalue weighted by atomic mass is 127. The number of piperidine rings is 1. The number of rotatable bonds is 7. The van der Waals surface area contributed by atoms with E-state index in [2.05, 4.69) is 62.8 Å². The van der Waals surface area contributed by atoms with Gasteiger partial charge < -0.3 is 20.3 Å². The van der Waals surface area contributed by atoms with Gasteiger partial charge in [0.1, 0.15) is 11.6 Å². The Morgan fingerprint density at radius 1 is 1.10 bits per heavy atom. The van der Waals surface area contributed by atoms with Crippen LogP contribution in [0.2, 0.25) is 0 Å². The maximum atomic E-state index is 5.98. The predicted molar refractivity (Wildman–Crippen MR) is 140 cm³/mol. The molecule has 1 aliphatic rings. The number of halogens is 1. The zero-order valence-electron chi connectivity index (χ0n) is 19.1. The Bertz CT molecular complexity index is 850. The molecule has 0 atom stereocenters. The van der Waals surface area contributed by atoms with Crippen LogP contribution in [-0.4, -0.2) is 37.2 Å². The summed E-state index contributed by atoms with van der Waals surface area (Å²) in [7, 11) is 1.79. The molecular formula is C24H36IN5O. The molecule has 0 unspecified atom stereocenters. The largest absolute Gasteiger partial charge is 0.491 e. The maximum Gasteiger partial charge on any atom is 0.191 e. The Labute approximate surface area is 203 Å². The lowest BCUT2D eigenvalue weighted by atomic mass is 10.1. The van der Waals surface area contributed by atoms with E-state index in [1.807, 2.05) is 20.0 Å². The van der Waals surface area contributed by atoms with Crippen molar-refractivity contribution >= 4 is 35.8 Å². The molecule has 6 nitrogen and oxygen atoms in total. The van der Waals surface area contributed by atoms with Crippen molar-refractivity contribution in [3.05, 3.63) is 53.2 Å². The van der Waals surface area contributed by atoms with Crippen molar-refractivity contribution in [2.75, 3.05) is 25.0 Å². The van der Waals surface area contributed by atoms with Gasteiger partial charge in [-0.05, 0) is 69.4 Å². The van der Waals surface area contributed by atoms with Gasteiger partial charge in [0.05, 0.1) is 6.10 Å². The Kier molecular flexibility index (Phi) is 10.4. The molecular weight excluding hydrogens is 501 g/mol. The van der Waals surface area contributed by atoms with E-state index in [0.29, 0.717) is 13.1 Å². The first kappa shape index (κ1) is 25.2. The Hall–Kier alpha value is -2.03. The number of aliphatic imine (C=N–C) groups is 1. The third-order valence-electron chi connectivity index (χ3n) is 5.21. The van der Waals surface area contributed by atoms with Crippen molar-refractivity contribution in [1.82, 2.24) is 15.6 Å². The van der Waals surface area contributed by atoms with Gasteiger partial charge in [0.2, 0.25) is 0 Å². The SMILES string of the molecule is CN=C(NCc1ccnc(N2CCCCC2)c1)NCc1ccc(C)cc1OC(C)C.I. The number of hydrogen-bond acceptors (Lipinski definition) is 4. The molecule has 2 aromatic rings. The summed E-state index contributed by atoms with van der Waals surface area (Å²) in [4.78, 5) is 11.3. The molecule has 170 valence electrons. The van der Waals surface area contributed by atoms with E-state index < -0.39 is 0 Å². The zero-order valence-corrected chi connectivity index (χ0v) is 21.5. The Morgan fingerprint density at radius 2 is 1.84 bits per heavy atom. The van der Waals surface area contributed by atoms with Gasteiger partial charge in [-0.2, -0.15) is 0 Å². The molecule has 0 amide bonds. The van der Waals surface area contributed by atoms with Crippen LogP contribution >= 0.6 is 24.0 Å².